The molecule has 0 aliphatic carbocycles. The average molecular weight is 205 g/mol. The maximum absolute atomic E-state index is 10.2. The molecule has 5 heteroatoms. The van der Waals surface area contributed by atoms with Crippen LogP contribution in [-0.2, 0) is 11.3 Å². The largest absolute Gasteiger partial charge is 0.481 e. The van der Waals surface area contributed by atoms with Crippen LogP contribution in [0.4, 0.5) is 0 Å². The van der Waals surface area contributed by atoms with E-state index in [2.05, 4.69) is 5.10 Å². The van der Waals surface area contributed by atoms with Gasteiger partial charge in [-0.3, -0.25) is 9.48 Å². The molecule has 0 saturated carbocycles. The van der Waals surface area contributed by atoms with Crippen molar-refractivity contribution in [1.29, 1.82) is 0 Å². The minimum absolute atomic E-state index is 0. The Morgan fingerprint density at radius 2 is 2.23 bits per heavy atom. The zero-order valence-electron chi connectivity index (χ0n) is 7.65. The molecular weight excluding hydrogens is 192 g/mol. The minimum atomic E-state index is -0.789. The quantitative estimate of drug-likeness (QED) is 0.810. The van der Waals surface area contributed by atoms with Crippen LogP contribution in [-0.4, -0.2) is 20.9 Å². The van der Waals surface area contributed by atoms with Gasteiger partial charge < -0.3 is 5.11 Å². The predicted molar refractivity (Wildman–Crippen MR) is 51.2 cm³/mol. The second-order valence-corrected chi connectivity index (χ2v) is 2.79. The van der Waals surface area contributed by atoms with Crippen molar-refractivity contribution < 1.29 is 9.90 Å². The van der Waals surface area contributed by atoms with Crippen LogP contribution in [0.2, 0.25) is 0 Å². The Labute approximate surface area is 83.0 Å². The lowest BCUT2D eigenvalue weighted by molar-refractivity contribution is -0.137. The Hall–Kier alpha value is -1.03. The molecule has 0 spiro atoms. The normalized spacial score (nSPS) is 9.38. The van der Waals surface area contributed by atoms with Gasteiger partial charge in [-0.1, -0.05) is 0 Å². The maximum atomic E-state index is 10.2. The van der Waals surface area contributed by atoms with Crippen LogP contribution < -0.4 is 0 Å². The fraction of sp³-hybridized carbons (Fsp3) is 0.500. The Morgan fingerprint density at radius 3 is 2.62 bits per heavy atom. The Balaban J connectivity index is 0.00000144. The number of hydrogen-bond acceptors (Lipinski definition) is 2. The van der Waals surface area contributed by atoms with E-state index in [1.165, 1.54) is 0 Å². The van der Waals surface area contributed by atoms with E-state index >= 15 is 0 Å². The third kappa shape index (κ3) is 3.46. The molecule has 0 bridgehead atoms. The first kappa shape index (κ1) is 12.0. The number of aromatic nitrogens is 2. The number of aliphatic carboxylic acids is 1. The monoisotopic (exact) mass is 204 g/mol. The molecule has 0 radical (unpaired) electrons. The van der Waals surface area contributed by atoms with E-state index < -0.39 is 5.97 Å². The van der Waals surface area contributed by atoms with E-state index in [0.29, 0.717) is 6.54 Å². The van der Waals surface area contributed by atoms with E-state index in [0.717, 1.165) is 11.4 Å². The van der Waals surface area contributed by atoms with Crippen molar-refractivity contribution in [2.45, 2.75) is 26.8 Å². The van der Waals surface area contributed by atoms with Crippen LogP contribution in [0.1, 0.15) is 17.8 Å². The number of halogens is 1. The molecule has 1 rings (SSSR count). The van der Waals surface area contributed by atoms with Gasteiger partial charge in [0.15, 0.2) is 0 Å². The summed E-state index contributed by atoms with van der Waals surface area (Å²) < 4.78 is 1.71. The van der Waals surface area contributed by atoms with Gasteiger partial charge in [0.05, 0.1) is 18.7 Å². The molecule has 0 aliphatic heterocycles. The van der Waals surface area contributed by atoms with E-state index in [1.54, 1.807) is 4.68 Å². The fourth-order valence-corrected chi connectivity index (χ4v) is 1.10. The van der Waals surface area contributed by atoms with Gasteiger partial charge >= 0.3 is 5.97 Å². The second-order valence-electron chi connectivity index (χ2n) is 2.79. The third-order valence-corrected chi connectivity index (χ3v) is 1.64. The molecule has 0 fully saturated rings. The lowest BCUT2D eigenvalue weighted by atomic mass is 10.4. The summed E-state index contributed by atoms with van der Waals surface area (Å²) in [4.78, 5) is 10.2. The molecule has 0 aromatic carbocycles. The summed E-state index contributed by atoms with van der Waals surface area (Å²) in [5.41, 5.74) is 1.94. The molecule has 13 heavy (non-hydrogen) atoms. The van der Waals surface area contributed by atoms with Crippen LogP contribution in [0.25, 0.3) is 0 Å². The SMILES string of the molecule is Cc1cc(C)n(CCC(=O)O)n1.Cl. The summed E-state index contributed by atoms with van der Waals surface area (Å²) in [5.74, 6) is -0.789. The summed E-state index contributed by atoms with van der Waals surface area (Å²) in [7, 11) is 0. The maximum Gasteiger partial charge on any atom is 0.305 e. The number of aryl methyl sites for hydroxylation is 3. The fourth-order valence-electron chi connectivity index (χ4n) is 1.10. The highest BCUT2D eigenvalue weighted by atomic mass is 35.5. The summed E-state index contributed by atoms with van der Waals surface area (Å²) >= 11 is 0. The topological polar surface area (TPSA) is 55.1 Å². The molecule has 0 aliphatic rings. The van der Waals surface area contributed by atoms with E-state index in [9.17, 15) is 4.79 Å². The smallest absolute Gasteiger partial charge is 0.305 e. The van der Waals surface area contributed by atoms with Gasteiger partial charge in [0.1, 0.15) is 0 Å². The van der Waals surface area contributed by atoms with Gasteiger partial charge in [0.2, 0.25) is 0 Å². The lowest BCUT2D eigenvalue weighted by Gasteiger charge is -1.99. The first-order valence-electron chi connectivity index (χ1n) is 3.82. The van der Waals surface area contributed by atoms with Crippen molar-refractivity contribution in [3.05, 3.63) is 17.5 Å². The first-order chi connectivity index (χ1) is 5.59. The summed E-state index contributed by atoms with van der Waals surface area (Å²) in [5, 5.41) is 12.6. The molecule has 74 valence electrons. The highest BCUT2D eigenvalue weighted by Crippen LogP contribution is 2.02. The molecular formula is C8H13ClN2O2. The number of carboxylic acid groups (broad SMARTS) is 1. The molecule has 0 atom stereocenters. The zero-order chi connectivity index (χ0) is 9.14. The lowest BCUT2D eigenvalue weighted by Crippen LogP contribution is -2.07. The summed E-state index contributed by atoms with van der Waals surface area (Å²) in [6.45, 7) is 4.27. The van der Waals surface area contributed by atoms with Gasteiger partial charge in [0, 0.05) is 5.69 Å². The number of carboxylic acids is 1. The van der Waals surface area contributed by atoms with E-state index in [1.807, 2.05) is 19.9 Å². The number of hydrogen-bond donors (Lipinski definition) is 1. The number of nitrogens with zero attached hydrogens (tertiary/aromatic N) is 2. The standard InChI is InChI=1S/C8H12N2O2.ClH/c1-6-5-7(2)10(9-6)4-3-8(11)12;/h5H,3-4H2,1-2H3,(H,11,12);1H. The molecule has 0 saturated heterocycles. The highest BCUT2D eigenvalue weighted by Gasteiger charge is 2.02. The first-order valence-corrected chi connectivity index (χ1v) is 3.82. The van der Waals surface area contributed by atoms with Crippen molar-refractivity contribution >= 4 is 18.4 Å². The van der Waals surface area contributed by atoms with Crippen LogP contribution >= 0.6 is 12.4 Å². The molecule has 1 heterocycles. The minimum Gasteiger partial charge on any atom is -0.481 e. The van der Waals surface area contributed by atoms with Crippen molar-refractivity contribution in [2.24, 2.45) is 0 Å². The Bertz CT molecular complexity index is 296. The molecule has 4 nitrogen and oxygen atoms in total. The van der Waals surface area contributed by atoms with Gasteiger partial charge in [0.25, 0.3) is 0 Å². The van der Waals surface area contributed by atoms with Gasteiger partial charge in [-0.15, -0.1) is 12.4 Å². The van der Waals surface area contributed by atoms with Gasteiger partial charge in [-0.25, -0.2) is 0 Å². The van der Waals surface area contributed by atoms with Crippen molar-refractivity contribution in [1.82, 2.24) is 9.78 Å². The number of rotatable bonds is 3. The van der Waals surface area contributed by atoms with Crippen LogP contribution in [0.3, 0.4) is 0 Å². The van der Waals surface area contributed by atoms with Crippen LogP contribution in [0.15, 0.2) is 6.07 Å². The Kier molecular flexibility index (Phi) is 4.48. The van der Waals surface area contributed by atoms with E-state index in [-0.39, 0.29) is 18.8 Å². The van der Waals surface area contributed by atoms with Crippen molar-refractivity contribution in [3.63, 3.8) is 0 Å². The third-order valence-electron chi connectivity index (χ3n) is 1.64. The van der Waals surface area contributed by atoms with Crippen LogP contribution in [0, 0.1) is 13.8 Å². The second kappa shape index (κ2) is 4.87. The van der Waals surface area contributed by atoms with Crippen molar-refractivity contribution in [2.75, 3.05) is 0 Å². The van der Waals surface area contributed by atoms with Gasteiger partial charge in [-0.05, 0) is 19.9 Å². The molecule has 0 amide bonds. The zero-order valence-corrected chi connectivity index (χ0v) is 8.47. The van der Waals surface area contributed by atoms with Gasteiger partial charge in [-0.2, -0.15) is 5.10 Å². The summed E-state index contributed by atoms with van der Waals surface area (Å²) in [6, 6.07) is 1.93. The Morgan fingerprint density at radius 1 is 1.62 bits per heavy atom. The number of carbonyl (C=O) groups is 1. The summed E-state index contributed by atoms with van der Waals surface area (Å²) in [6.07, 6.45) is 0.127. The molecule has 0 unspecified atom stereocenters. The van der Waals surface area contributed by atoms with Crippen molar-refractivity contribution in [3.8, 4) is 0 Å². The van der Waals surface area contributed by atoms with Crippen LogP contribution in [0.5, 0.6) is 0 Å². The highest BCUT2D eigenvalue weighted by molar-refractivity contribution is 5.85. The van der Waals surface area contributed by atoms with E-state index in [4.69, 9.17) is 5.11 Å². The average Bonchev–Trinajstić information content (AvgIpc) is 2.26. The molecule has 1 aromatic heterocycles. The predicted octanol–water partition coefficient (Wildman–Crippen LogP) is 1.40. The molecule has 1 aromatic rings. The molecule has 1 N–H and O–H groups in total.